The molecule has 0 aliphatic carbocycles. The van der Waals surface area contributed by atoms with Crippen molar-refractivity contribution in [3.63, 3.8) is 0 Å². The normalized spacial score (nSPS) is 11.2. The van der Waals surface area contributed by atoms with Crippen molar-refractivity contribution in [3.8, 4) is 0 Å². The lowest BCUT2D eigenvalue weighted by molar-refractivity contribution is 0.0638. The second-order valence-corrected chi connectivity index (χ2v) is 4.71. The number of hydrogen-bond donors (Lipinski definition) is 1. The number of thiazole rings is 1. The summed E-state index contributed by atoms with van der Waals surface area (Å²) < 4.78 is 5.49. The molecule has 86 valence electrons. The van der Waals surface area contributed by atoms with Crippen LogP contribution < -0.4 is 5.32 Å². The molecular weight excluding hydrogens is 208 g/mol. The summed E-state index contributed by atoms with van der Waals surface area (Å²) in [6.07, 6.45) is 1.43. The van der Waals surface area contributed by atoms with E-state index >= 15 is 0 Å². The largest absolute Gasteiger partial charge is 0.372 e. The van der Waals surface area contributed by atoms with E-state index in [1.54, 1.807) is 11.3 Å². The molecule has 1 heterocycles. The molecule has 0 radical (unpaired) electrons. The Bertz CT molecular complexity index is 273. The van der Waals surface area contributed by atoms with Gasteiger partial charge in [0.25, 0.3) is 0 Å². The third-order valence-corrected chi connectivity index (χ3v) is 2.76. The minimum Gasteiger partial charge on any atom is -0.372 e. The smallest absolute Gasteiger partial charge is 0.107 e. The molecule has 4 heteroatoms. The molecule has 1 rings (SSSR count). The molecule has 1 N–H and O–H groups in total. The fourth-order valence-electron chi connectivity index (χ4n) is 1.12. The van der Waals surface area contributed by atoms with E-state index in [1.807, 2.05) is 13.8 Å². The van der Waals surface area contributed by atoms with Gasteiger partial charge in [-0.05, 0) is 26.8 Å². The zero-order valence-corrected chi connectivity index (χ0v) is 10.6. The number of rotatable bonds is 7. The van der Waals surface area contributed by atoms with Gasteiger partial charge in [-0.3, -0.25) is 0 Å². The Hall–Kier alpha value is -0.450. The van der Waals surface area contributed by atoms with Gasteiger partial charge in [-0.2, -0.15) is 0 Å². The van der Waals surface area contributed by atoms with Crippen molar-refractivity contribution in [1.82, 2.24) is 10.3 Å². The molecule has 1 aromatic rings. The Balaban J connectivity index is 2.29. The second kappa shape index (κ2) is 6.93. The fraction of sp³-hybridized carbons (Fsp3) is 0.727. The van der Waals surface area contributed by atoms with Crippen LogP contribution in [0, 0.1) is 0 Å². The first-order chi connectivity index (χ1) is 7.22. The maximum Gasteiger partial charge on any atom is 0.107 e. The third-order valence-electron chi connectivity index (χ3n) is 1.87. The lowest BCUT2D eigenvalue weighted by Gasteiger charge is -2.04. The Morgan fingerprint density at radius 3 is 3.00 bits per heavy atom. The predicted molar refractivity (Wildman–Crippen MR) is 64.0 cm³/mol. The SMILES string of the molecule is CCCNCc1nc(COC(C)C)cs1. The van der Waals surface area contributed by atoms with Crippen LogP contribution in [0.25, 0.3) is 0 Å². The summed E-state index contributed by atoms with van der Waals surface area (Å²) in [5.41, 5.74) is 1.04. The molecule has 0 bridgehead atoms. The predicted octanol–water partition coefficient (Wildman–Crippen LogP) is 2.57. The standard InChI is InChI=1S/C11H20N2OS/c1-4-5-12-6-11-13-10(8-15-11)7-14-9(2)3/h8-9,12H,4-7H2,1-3H3. The van der Waals surface area contributed by atoms with Crippen LogP contribution in [0.3, 0.4) is 0 Å². The first-order valence-corrected chi connectivity index (χ1v) is 6.36. The van der Waals surface area contributed by atoms with E-state index in [1.165, 1.54) is 0 Å². The van der Waals surface area contributed by atoms with Crippen molar-refractivity contribution >= 4 is 11.3 Å². The molecule has 1 aromatic heterocycles. The first kappa shape index (κ1) is 12.6. The topological polar surface area (TPSA) is 34.2 Å². The van der Waals surface area contributed by atoms with Crippen molar-refractivity contribution in [1.29, 1.82) is 0 Å². The first-order valence-electron chi connectivity index (χ1n) is 5.48. The molecule has 0 fully saturated rings. The van der Waals surface area contributed by atoms with Gasteiger partial charge in [-0.15, -0.1) is 11.3 Å². The van der Waals surface area contributed by atoms with Gasteiger partial charge in [0.2, 0.25) is 0 Å². The summed E-state index contributed by atoms with van der Waals surface area (Å²) in [7, 11) is 0. The van der Waals surface area contributed by atoms with Crippen LogP contribution in [0.15, 0.2) is 5.38 Å². The lowest BCUT2D eigenvalue weighted by atomic mass is 10.4. The van der Waals surface area contributed by atoms with Crippen molar-refractivity contribution in [2.45, 2.75) is 46.4 Å². The highest BCUT2D eigenvalue weighted by Crippen LogP contribution is 2.11. The number of nitrogens with one attached hydrogen (secondary N) is 1. The Morgan fingerprint density at radius 2 is 2.33 bits per heavy atom. The van der Waals surface area contributed by atoms with Gasteiger partial charge in [0.15, 0.2) is 0 Å². The van der Waals surface area contributed by atoms with Crippen molar-refractivity contribution in [2.24, 2.45) is 0 Å². The molecule has 0 saturated carbocycles. The number of aromatic nitrogens is 1. The summed E-state index contributed by atoms with van der Waals surface area (Å²) in [5, 5.41) is 6.56. The van der Waals surface area contributed by atoms with Crippen LogP contribution in [-0.4, -0.2) is 17.6 Å². The van der Waals surface area contributed by atoms with E-state index in [9.17, 15) is 0 Å². The molecule has 15 heavy (non-hydrogen) atoms. The average Bonchev–Trinajstić information content (AvgIpc) is 2.63. The number of nitrogens with zero attached hydrogens (tertiary/aromatic N) is 1. The van der Waals surface area contributed by atoms with Crippen LogP contribution >= 0.6 is 11.3 Å². The van der Waals surface area contributed by atoms with Gasteiger partial charge < -0.3 is 10.1 Å². The maximum absolute atomic E-state index is 5.49. The molecule has 0 spiro atoms. The Morgan fingerprint density at radius 1 is 1.53 bits per heavy atom. The summed E-state index contributed by atoms with van der Waals surface area (Å²) in [6.45, 7) is 8.79. The third kappa shape index (κ3) is 5.25. The van der Waals surface area contributed by atoms with Crippen LogP contribution in [0.1, 0.15) is 37.9 Å². The highest BCUT2D eigenvalue weighted by molar-refractivity contribution is 7.09. The quantitative estimate of drug-likeness (QED) is 0.728. The minimum atomic E-state index is 0.272. The molecule has 0 amide bonds. The van der Waals surface area contributed by atoms with Crippen molar-refractivity contribution in [3.05, 3.63) is 16.1 Å². The fourth-order valence-corrected chi connectivity index (χ4v) is 1.87. The van der Waals surface area contributed by atoms with E-state index in [2.05, 4.69) is 22.6 Å². The van der Waals surface area contributed by atoms with E-state index in [0.717, 1.165) is 30.2 Å². The van der Waals surface area contributed by atoms with E-state index < -0.39 is 0 Å². The maximum atomic E-state index is 5.49. The zero-order valence-electron chi connectivity index (χ0n) is 9.75. The monoisotopic (exact) mass is 228 g/mol. The minimum absolute atomic E-state index is 0.272. The molecular formula is C11H20N2OS. The summed E-state index contributed by atoms with van der Waals surface area (Å²) >= 11 is 1.70. The van der Waals surface area contributed by atoms with E-state index in [4.69, 9.17) is 4.74 Å². The second-order valence-electron chi connectivity index (χ2n) is 3.77. The summed E-state index contributed by atoms with van der Waals surface area (Å²) in [6, 6.07) is 0. The van der Waals surface area contributed by atoms with Gasteiger partial charge in [0.1, 0.15) is 5.01 Å². The summed E-state index contributed by atoms with van der Waals surface area (Å²) in [5.74, 6) is 0. The van der Waals surface area contributed by atoms with Gasteiger partial charge in [-0.1, -0.05) is 6.92 Å². The molecule has 0 aromatic carbocycles. The molecule has 3 nitrogen and oxygen atoms in total. The van der Waals surface area contributed by atoms with Gasteiger partial charge in [-0.25, -0.2) is 4.98 Å². The van der Waals surface area contributed by atoms with E-state index in [0.29, 0.717) is 6.61 Å². The molecule has 0 unspecified atom stereocenters. The molecule has 0 aliphatic heterocycles. The van der Waals surface area contributed by atoms with Crippen molar-refractivity contribution in [2.75, 3.05) is 6.54 Å². The molecule has 0 saturated heterocycles. The van der Waals surface area contributed by atoms with Crippen LogP contribution in [-0.2, 0) is 17.9 Å². The van der Waals surface area contributed by atoms with Gasteiger partial charge in [0, 0.05) is 11.9 Å². The van der Waals surface area contributed by atoms with Gasteiger partial charge >= 0.3 is 0 Å². The lowest BCUT2D eigenvalue weighted by Crippen LogP contribution is -2.13. The van der Waals surface area contributed by atoms with Crippen molar-refractivity contribution < 1.29 is 4.74 Å². The Labute approximate surface area is 95.9 Å². The zero-order chi connectivity index (χ0) is 11.1. The number of ether oxygens (including phenoxy) is 1. The molecule has 0 aliphatic rings. The van der Waals surface area contributed by atoms with Crippen LogP contribution in [0.5, 0.6) is 0 Å². The Kier molecular flexibility index (Phi) is 5.83. The van der Waals surface area contributed by atoms with Crippen LogP contribution in [0.2, 0.25) is 0 Å². The average molecular weight is 228 g/mol. The van der Waals surface area contributed by atoms with Gasteiger partial charge in [0.05, 0.1) is 18.4 Å². The number of hydrogen-bond acceptors (Lipinski definition) is 4. The highest BCUT2D eigenvalue weighted by atomic mass is 32.1. The van der Waals surface area contributed by atoms with Crippen LogP contribution in [0.4, 0.5) is 0 Å². The highest BCUT2D eigenvalue weighted by Gasteiger charge is 2.02. The summed E-state index contributed by atoms with van der Waals surface area (Å²) in [4.78, 5) is 4.49. The van der Waals surface area contributed by atoms with E-state index in [-0.39, 0.29) is 6.10 Å². The molecule has 0 atom stereocenters.